The molecule has 0 amide bonds. The highest BCUT2D eigenvalue weighted by molar-refractivity contribution is 7.89. The van der Waals surface area contributed by atoms with Crippen molar-refractivity contribution in [2.75, 3.05) is 33.3 Å². The van der Waals surface area contributed by atoms with Crippen molar-refractivity contribution in [3.63, 3.8) is 0 Å². The normalized spacial score (nSPS) is 17.3. The van der Waals surface area contributed by atoms with Crippen molar-refractivity contribution in [2.24, 2.45) is 0 Å². The van der Waals surface area contributed by atoms with Crippen LogP contribution in [0, 0.1) is 0 Å². The van der Waals surface area contributed by atoms with Gasteiger partial charge in [-0.2, -0.15) is 4.31 Å². The maximum absolute atomic E-state index is 12.7. The SMILES string of the molecule is COc1ccc(S(=O)(=O)N2CC[NH+](Cc3cccs3)CC2)cc1. The Balaban J connectivity index is 1.63. The van der Waals surface area contributed by atoms with Crippen molar-refractivity contribution in [3.05, 3.63) is 46.7 Å². The van der Waals surface area contributed by atoms with E-state index in [0.717, 1.165) is 19.6 Å². The Hall–Kier alpha value is -1.41. The van der Waals surface area contributed by atoms with E-state index in [4.69, 9.17) is 4.74 Å². The predicted octanol–water partition coefficient (Wildman–Crippen LogP) is 0.846. The minimum absolute atomic E-state index is 0.333. The zero-order valence-electron chi connectivity index (χ0n) is 13.1. The van der Waals surface area contributed by atoms with Gasteiger partial charge in [0.25, 0.3) is 0 Å². The van der Waals surface area contributed by atoms with Gasteiger partial charge < -0.3 is 9.64 Å². The lowest BCUT2D eigenvalue weighted by molar-refractivity contribution is -0.917. The Morgan fingerprint density at radius 1 is 1.17 bits per heavy atom. The molecule has 0 radical (unpaired) electrons. The van der Waals surface area contributed by atoms with E-state index in [2.05, 4.69) is 17.5 Å². The number of thiophene rings is 1. The fourth-order valence-corrected chi connectivity index (χ4v) is 4.99. The van der Waals surface area contributed by atoms with Crippen molar-refractivity contribution in [3.8, 4) is 5.75 Å². The summed E-state index contributed by atoms with van der Waals surface area (Å²) in [5.41, 5.74) is 0. The molecule has 0 bridgehead atoms. The lowest BCUT2D eigenvalue weighted by Gasteiger charge is -2.31. The predicted molar refractivity (Wildman–Crippen MR) is 90.5 cm³/mol. The summed E-state index contributed by atoms with van der Waals surface area (Å²) < 4.78 is 32.0. The number of rotatable bonds is 5. The Morgan fingerprint density at radius 3 is 2.43 bits per heavy atom. The fourth-order valence-electron chi connectivity index (χ4n) is 2.78. The smallest absolute Gasteiger partial charge is 0.243 e. The summed E-state index contributed by atoms with van der Waals surface area (Å²) in [5, 5.41) is 2.08. The van der Waals surface area contributed by atoms with Gasteiger partial charge in [-0.05, 0) is 35.7 Å². The number of ether oxygens (including phenoxy) is 1. The summed E-state index contributed by atoms with van der Waals surface area (Å²) in [7, 11) is -1.84. The van der Waals surface area contributed by atoms with Crippen LogP contribution in [0.4, 0.5) is 0 Å². The molecule has 0 unspecified atom stereocenters. The van der Waals surface area contributed by atoms with Crippen molar-refractivity contribution in [1.29, 1.82) is 0 Å². The first-order chi connectivity index (χ1) is 11.1. The molecule has 0 atom stereocenters. The fraction of sp³-hybridized carbons (Fsp3) is 0.375. The van der Waals surface area contributed by atoms with Gasteiger partial charge in [0.15, 0.2) is 0 Å². The second kappa shape index (κ2) is 7.00. The molecule has 0 spiro atoms. The highest BCUT2D eigenvalue weighted by Crippen LogP contribution is 2.19. The van der Waals surface area contributed by atoms with Gasteiger partial charge in [-0.15, -0.1) is 11.3 Å². The Labute approximate surface area is 141 Å². The number of sulfonamides is 1. The Kier molecular flexibility index (Phi) is 5.01. The van der Waals surface area contributed by atoms with Gasteiger partial charge in [0, 0.05) is 0 Å². The second-order valence-corrected chi connectivity index (χ2v) is 8.56. The molecule has 1 aromatic carbocycles. The number of methoxy groups -OCH3 is 1. The molecule has 1 aromatic heterocycles. The number of nitrogens with one attached hydrogen (secondary N) is 1. The van der Waals surface area contributed by atoms with E-state index in [1.807, 2.05) is 0 Å². The molecule has 1 saturated heterocycles. The molecular weight excluding hydrogens is 332 g/mol. The molecule has 1 aliphatic heterocycles. The molecular formula is C16H21N2O3S2+. The van der Waals surface area contributed by atoms with Crippen LogP contribution >= 0.6 is 11.3 Å². The number of benzene rings is 1. The first-order valence-electron chi connectivity index (χ1n) is 7.60. The van der Waals surface area contributed by atoms with Crippen LogP contribution in [0.2, 0.25) is 0 Å². The molecule has 124 valence electrons. The van der Waals surface area contributed by atoms with Crippen LogP contribution < -0.4 is 9.64 Å². The molecule has 0 saturated carbocycles. The van der Waals surface area contributed by atoms with Crippen LogP contribution in [0.1, 0.15) is 4.88 Å². The van der Waals surface area contributed by atoms with E-state index in [-0.39, 0.29) is 0 Å². The first-order valence-corrected chi connectivity index (χ1v) is 9.92. The summed E-state index contributed by atoms with van der Waals surface area (Å²) >= 11 is 1.76. The number of quaternary nitrogens is 1. The highest BCUT2D eigenvalue weighted by Gasteiger charge is 2.30. The average molecular weight is 353 g/mol. The van der Waals surface area contributed by atoms with E-state index >= 15 is 0 Å². The van der Waals surface area contributed by atoms with Crippen molar-refractivity contribution in [2.45, 2.75) is 11.4 Å². The topological polar surface area (TPSA) is 51.1 Å². The van der Waals surface area contributed by atoms with Crippen LogP contribution in [0.3, 0.4) is 0 Å². The lowest BCUT2D eigenvalue weighted by atomic mass is 10.3. The number of hydrogen-bond donors (Lipinski definition) is 1. The third kappa shape index (κ3) is 3.74. The number of hydrogen-bond acceptors (Lipinski definition) is 4. The largest absolute Gasteiger partial charge is 0.497 e. The van der Waals surface area contributed by atoms with Crippen LogP contribution in [-0.2, 0) is 16.6 Å². The molecule has 7 heteroatoms. The maximum atomic E-state index is 12.7. The zero-order chi connectivity index (χ0) is 16.3. The molecule has 2 heterocycles. The molecule has 1 N–H and O–H groups in total. The summed E-state index contributed by atoms with van der Waals surface area (Å²) in [6, 6.07) is 10.8. The molecule has 0 aliphatic carbocycles. The van der Waals surface area contributed by atoms with Crippen LogP contribution in [0.15, 0.2) is 46.7 Å². The second-order valence-electron chi connectivity index (χ2n) is 5.59. The minimum Gasteiger partial charge on any atom is -0.497 e. The highest BCUT2D eigenvalue weighted by atomic mass is 32.2. The van der Waals surface area contributed by atoms with Gasteiger partial charge in [0.05, 0.1) is 43.1 Å². The zero-order valence-corrected chi connectivity index (χ0v) is 14.7. The van der Waals surface area contributed by atoms with Crippen molar-refractivity contribution < 1.29 is 18.1 Å². The van der Waals surface area contributed by atoms with E-state index in [0.29, 0.717) is 23.7 Å². The summed E-state index contributed by atoms with van der Waals surface area (Å²) in [6.45, 7) is 3.79. The summed E-state index contributed by atoms with van der Waals surface area (Å²) in [6.07, 6.45) is 0. The molecule has 1 fully saturated rings. The van der Waals surface area contributed by atoms with Crippen LogP contribution in [0.25, 0.3) is 0 Å². The van der Waals surface area contributed by atoms with Gasteiger partial charge in [-0.3, -0.25) is 0 Å². The van der Waals surface area contributed by atoms with E-state index in [1.165, 1.54) is 9.78 Å². The first kappa shape index (κ1) is 16.4. The van der Waals surface area contributed by atoms with E-state index in [9.17, 15) is 8.42 Å². The van der Waals surface area contributed by atoms with E-state index in [1.54, 1.807) is 47.0 Å². The maximum Gasteiger partial charge on any atom is 0.243 e. The lowest BCUT2D eigenvalue weighted by Crippen LogP contribution is -3.13. The minimum atomic E-state index is -3.41. The van der Waals surface area contributed by atoms with Gasteiger partial charge in [-0.25, -0.2) is 8.42 Å². The van der Waals surface area contributed by atoms with Gasteiger partial charge in [0.2, 0.25) is 10.0 Å². The number of nitrogens with zero attached hydrogens (tertiary/aromatic N) is 1. The Morgan fingerprint density at radius 2 is 1.87 bits per heavy atom. The van der Waals surface area contributed by atoms with Gasteiger partial charge in [-0.1, -0.05) is 6.07 Å². The third-order valence-corrected chi connectivity index (χ3v) is 6.92. The molecule has 2 aromatic rings. The Bertz CT molecular complexity index is 719. The van der Waals surface area contributed by atoms with Gasteiger partial charge >= 0.3 is 0 Å². The third-order valence-electron chi connectivity index (χ3n) is 4.13. The standard InChI is InChI=1S/C16H20N2O3S2/c1-21-14-4-6-16(7-5-14)23(19,20)18-10-8-17(9-11-18)13-15-3-2-12-22-15/h2-7,12H,8-11,13H2,1H3/p+1. The van der Waals surface area contributed by atoms with Crippen molar-refractivity contribution in [1.82, 2.24) is 4.31 Å². The van der Waals surface area contributed by atoms with Crippen LogP contribution in [0.5, 0.6) is 5.75 Å². The molecule has 23 heavy (non-hydrogen) atoms. The van der Waals surface area contributed by atoms with E-state index < -0.39 is 10.0 Å². The van der Waals surface area contributed by atoms with Gasteiger partial charge in [0.1, 0.15) is 12.3 Å². The average Bonchev–Trinajstić information content (AvgIpc) is 3.08. The quantitative estimate of drug-likeness (QED) is 0.867. The molecule has 3 rings (SSSR count). The molecule has 5 nitrogen and oxygen atoms in total. The monoisotopic (exact) mass is 353 g/mol. The number of piperazine rings is 1. The summed E-state index contributed by atoms with van der Waals surface area (Å²) in [5.74, 6) is 0.661. The summed E-state index contributed by atoms with van der Waals surface area (Å²) in [4.78, 5) is 3.13. The molecule has 1 aliphatic rings. The van der Waals surface area contributed by atoms with Crippen LogP contribution in [-0.4, -0.2) is 46.0 Å². The van der Waals surface area contributed by atoms with Crippen molar-refractivity contribution >= 4 is 21.4 Å².